The summed E-state index contributed by atoms with van der Waals surface area (Å²) >= 11 is 4.85. The van der Waals surface area contributed by atoms with Crippen LogP contribution in [0.4, 0.5) is 5.69 Å². The van der Waals surface area contributed by atoms with E-state index in [1.165, 1.54) is 11.1 Å². The molecule has 3 aromatic carbocycles. The summed E-state index contributed by atoms with van der Waals surface area (Å²) in [6.07, 6.45) is 1.29. The molecule has 0 aliphatic carbocycles. The molecular weight excluding hydrogens is 362 g/mol. The summed E-state index contributed by atoms with van der Waals surface area (Å²) in [5.74, 6) is 0.294. The lowest BCUT2D eigenvalue weighted by Gasteiger charge is -2.22. The molecule has 0 fully saturated rings. The second-order valence-corrected chi connectivity index (χ2v) is 7.96. The van der Waals surface area contributed by atoms with Crippen molar-refractivity contribution in [3.05, 3.63) is 102 Å². The van der Waals surface area contributed by atoms with E-state index in [2.05, 4.69) is 41.3 Å². The average Bonchev–Trinajstić information content (AvgIpc) is 2.74. The van der Waals surface area contributed by atoms with Crippen molar-refractivity contribution in [3.8, 4) is 0 Å². The van der Waals surface area contributed by atoms with Crippen molar-refractivity contribution in [1.82, 2.24) is 0 Å². The molecule has 0 amide bonds. The van der Waals surface area contributed by atoms with Crippen LogP contribution in [0.5, 0.6) is 0 Å². The molecular formula is C25H27NOS. The lowest BCUT2D eigenvalue weighted by atomic mass is 9.86. The number of benzene rings is 3. The van der Waals surface area contributed by atoms with Gasteiger partial charge in [0, 0.05) is 37.0 Å². The second kappa shape index (κ2) is 9.61. The van der Waals surface area contributed by atoms with E-state index < -0.39 is 0 Å². The van der Waals surface area contributed by atoms with Gasteiger partial charge in [0.05, 0.1) is 0 Å². The van der Waals surface area contributed by atoms with E-state index in [0.29, 0.717) is 6.42 Å². The highest BCUT2D eigenvalue weighted by Crippen LogP contribution is 2.35. The van der Waals surface area contributed by atoms with Crippen LogP contribution in [0, 0.1) is 0 Å². The van der Waals surface area contributed by atoms with Gasteiger partial charge in [-0.2, -0.15) is 12.6 Å². The van der Waals surface area contributed by atoms with Gasteiger partial charge in [-0.1, -0.05) is 72.8 Å². The molecule has 0 saturated heterocycles. The van der Waals surface area contributed by atoms with Crippen molar-refractivity contribution in [2.75, 3.05) is 19.0 Å². The first kappa shape index (κ1) is 20.2. The summed E-state index contributed by atoms with van der Waals surface area (Å²) in [5, 5.41) is 0.0864. The standard InChI is InChI=1S/C25H27NOS/c1-26(2)23-15-13-19(14-16-23)22(17-24(27)20-9-5-3-6-10-20)18-25(28)21-11-7-4-8-12-21/h3-16,22,25,28H,17-18H2,1-2H3. The topological polar surface area (TPSA) is 20.3 Å². The molecule has 3 rings (SSSR count). The molecule has 3 heteroatoms. The Bertz CT molecular complexity index is 875. The fourth-order valence-corrected chi connectivity index (χ4v) is 3.85. The van der Waals surface area contributed by atoms with E-state index in [0.717, 1.165) is 17.7 Å². The smallest absolute Gasteiger partial charge is 0.163 e. The summed E-state index contributed by atoms with van der Waals surface area (Å²) < 4.78 is 0. The zero-order valence-electron chi connectivity index (χ0n) is 16.5. The Morgan fingerprint density at radius 3 is 1.96 bits per heavy atom. The third kappa shape index (κ3) is 5.26. The molecule has 0 aromatic heterocycles. The summed E-state index contributed by atoms with van der Waals surface area (Å²) in [7, 11) is 4.06. The van der Waals surface area contributed by atoms with Crippen LogP contribution < -0.4 is 4.90 Å². The van der Waals surface area contributed by atoms with Crippen LogP contribution in [-0.2, 0) is 0 Å². The summed E-state index contributed by atoms with van der Waals surface area (Å²) in [6.45, 7) is 0. The first-order valence-corrected chi connectivity index (χ1v) is 10.1. The highest BCUT2D eigenvalue weighted by atomic mass is 32.1. The number of rotatable bonds is 8. The molecule has 2 nitrogen and oxygen atoms in total. The van der Waals surface area contributed by atoms with Crippen LogP contribution in [0.3, 0.4) is 0 Å². The van der Waals surface area contributed by atoms with Crippen LogP contribution in [0.1, 0.15) is 45.5 Å². The Kier molecular flexibility index (Phi) is 6.94. The number of hydrogen-bond acceptors (Lipinski definition) is 3. The lowest BCUT2D eigenvalue weighted by molar-refractivity contribution is 0.0972. The fraction of sp³-hybridized carbons (Fsp3) is 0.240. The van der Waals surface area contributed by atoms with Crippen molar-refractivity contribution >= 4 is 24.1 Å². The Morgan fingerprint density at radius 2 is 1.39 bits per heavy atom. The molecule has 0 radical (unpaired) electrons. The number of ketones is 1. The first-order valence-electron chi connectivity index (χ1n) is 9.63. The Hall–Kier alpha value is -2.52. The first-order chi connectivity index (χ1) is 13.5. The summed E-state index contributed by atoms with van der Waals surface area (Å²) in [6, 6.07) is 28.4. The predicted molar refractivity (Wildman–Crippen MR) is 122 cm³/mol. The van der Waals surface area contributed by atoms with E-state index >= 15 is 0 Å². The average molecular weight is 390 g/mol. The monoisotopic (exact) mass is 389 g/mol. The van der Waals surface area contributed by atoms with E-state index in [9.17, 15) is 4.79 Å². The summed E-state index contributed by atoms with van der Waals surface area (Å²) in [5.41, 5.74) is 4.30. The van der Waals surface area contributed by atoms with Gasteiger partial charge in [-0.15, -0.1) is 0 Å². The normalized spacial score (nSPS) is 13.0. The van der Waals surface area contributed by atoms with Gasteiger partial charge >= 0.3 is 0 Å². The molecule has 0 heterocycles. The second-order valence-electron chi connectivity index (χ2n) is 7.34. The Labute approximate surface area is 173 Å². The maximum atomic E-state index is 12.9. The number of carbonyl (C=O) groups is 1. The zero-order valence-corrected chi connectivity index (χ0v) is 17.3. The van der Waals surface area contributed by atoms with Gasteiger partial charge in [-0.05, 0) is 35.6 Å². The van der Waals surface area contributed by atoms with Gasteiger partial charge in [0.2, 0.25) is 0 Å². The van der Waals surface area contributed by atoms with Gasteiger partial charge in [0.1, 0.15) is 0 Å². The molecule has 0 spiro atoms. The maximum absolute atomic E-state index is 12.9. The molecule has 0 saturated carbocycles. The van der Waals surface area contributed by atoms with Gasteiger partial charge < -0.3 is 4.90 Å². The molecule has 0 bridgehead atoms. The van der Waals surface area contributed by atoms with Crippen molar-refractivity contribution in [3.63, 3.8) is 0 Å². The van der Waals surface area contributed by atoms with Gasteiger partial charge in [0.25, 0.3) is 0 Å². The van der Waals surface area contributed by atoms with E-state index in [1.54, 1.807) is 0 Å². The minimum Gasteiger partial charge on any atom is -0.378 e. The molecule has 0 aliphatic heterocycles. The van der Waals surface area contributed by atoms with Crippen molar-refractivity contribution in [2.45, 2.75) is 24.0 Å². The van der Waals surface area contributed by atoms with E-state index in [4.69, 9.17) is 12.6 Å². The molecule has 144 valence electrons. The fourth-order valence-electron chi connectivity index (χ4n) is 3.43. The summed E-state index contributed by atoms with van der Waals surface area (Å²) in [4.78, 5) is 15.0. The van der Waals surface area contributed by atoms with Crippen LogP contribution in [-0.4, -0.2) is 19.9 Å². The highest BCUT2D eigenvalue weighted by molar-refractivity contribution is 7.80. The molecule has 0 aliphatic rings. The third-order valence-electron chi connectivity index (χ3n) is 5.10. The minimum absolute atomic E-state index is 0.0864. The predicted octanol–water partition coefficient (Wildman–Crippen LogP) is 6.17. The largest absolute Gasteiger partial charge is 0.378 e. The molecule has 3 aromatic rings. The Balaban J connectivity index is 1.83. The maximum Gasteiger partial charge on any atom is 0.163 e. The molecule has 2 atom stereocenters. The number of nitrogens with zero attached hydrogens (tertiary/aromatic N) is 1. The van der Waals surface area contributed by atoms with Crippen LogP contribution >= 0.6 is 12.6 Å². The minimum atomic E-state index is 0.0864. The van der Waals surface area contributed by atoms with Crippen LogP contribution in [0.25, 0.3) is 0 Å². The van der Waals surface area contributed by atoms with Crippen LogP contribution in [0.2, 0.25) is 0 Å². The molecule has 28 heavy (non-hydrogen) atoms. The van der Waals surface area contributed by atoms with E-state index in [-0.39, 0.29) is 17.0 Å². The number of thiol groups is 1. The SMILES string of the molecule is CN(C)c1ccc(C(CC(=O)c2ccccc2)CC(S)c2ccccc2)cc1. The van der Waals surface area contributed by atoms with Crippen LogP contribution in [0.15, 0.2) is 84.9 Å². The Morgan fingerprint density at radius 1 is 0.821 bits per heavy atom. The highest BCUT2D eigenvalue weighted by Gasteiger charge is 2.21. The van der Waals surface area contributed by atoms with Gasteiger partial charge in [-0.3, -0.25) is 4.79 Å². The number of anilines is 1. The van der Waals surface area contributed by atoms with E-state index in [1.807, 2.05) is 62.6 Å². The molecule has 0 N–H and O–H groups in total. The van der Waals surface area contributed by atoms with Gasteiger partial charge in [0.15, 0.2) is 5.78 Å². The third-order valence-corrected chi connectivity index (χ3v) is 5.61. The number of Topliss-reactive ketones (excluding diaryl/α,β-unsaturated/α-hetero) is 1. The van der Waals surface area contributed by atoms with Crippen molar-refractivity contribution < 1.29 is 4.79 Å². The lowest BCUT2D eigenvalue weighted by Crippen LogP contribution is -2.11. The van der Waals surface area contributed by atoms with Crippen molar-refractivity contribution in [2.24, 2.45) is 0 Å². The number of hydrogen-bond donors (Lipinski definition) is 1. The quantitative estimate of drug-likeness (QED) is 0.367. The zero-order chi connectivity index (χ0) is 19.9. The molecule has 2 unspecified atom stereocenters. The van der Waals surface area contributed by atoms with Gasteiger partial charge in [-0.25, -0.2) is 0 Å². The number of carbonyl (C=O) groups excluding carboxylic acids is 1. The van der Waals surface area contributed by atoms with Crippen molar-refractivity contribution in [1.29, 1.82) is 0 Å².